The van der Waals surface area contributed by atoms with Crippen molar-refractivity contribution in [3.63, 3.8) is 0 Å². The molecule has 0 radical (unpaired) electrons. The highest BCUT2D eigenvalue weighted by atomic mass is 16.5. The molecule has 1 atom stereocenters. The Bertz CT molecular complexity index is 488. The number of nitrogens with one attached hydrogen (secondary N) is 1. The van der Waals surface area contributed by atoms with Crippen molar-refractivity contribution in [2.75, 3.05) is 26.2 Å². The van der Waals surface area contributed by atoms with Gasteiger partial charge in [0, 0.05) is 26.2 Å². The van der Waals surface area contributed by atoms with Crippen LogP contribution in [0.2, 0.25) is 0 Å². The van der Waals surface area contributed by atoms with Crippen LogP contribution in [0.25, 0.3) is 0 Å². The van der Waals surface area contributed by atoms with Gasteiger partial charge in [0.2, 0.25) is 5.91 Å². The fourth-order valence-electron chi connectivity index (χ4n) is 2.74. The summed E-state index contributed by atoms with van der Waals surface area (Å²) in [6, 6.07) is 10.5. The minimum Gasteiger partial charge on any atom is -0.362 e. The summed E-state index contributed by atoms with van der Waals surface area (Å²) >= 11 is 0. The lowest BCUT2D eigenvalue weighted by molar-refractivity contribution is -0.131. The minimum absolute atomic E-state index is 0.0108. The van der Waals surface area contributed by atoms with Crippen molar-refractivity contribution < 1.29 is 9.53 Å². The second kappa shape index (κ2) is 6.20. The van der Waals surface area contributed by atoms with Crippen molar-refractivity contribution in [2.45, 2.75) is 19.1 Å². The molecule has 0 spiro atoms. The Morgan fingerprint density at radius 3 is 2.80 bits per heavy atom. The predicted molar refractivity (Wildman–Crippen MR) is 77.2 cm³/mol. The normalized spacial score (nSPS) is 24.1. The van der Waals surface area contributed by atoms with Crippen LogP contribution in [-0.2, 0) is 16.1 Å². The highest BCUT2D eigenvalue weighted by molar-refractivity contribution is 5.77. The number of ether oxygens (including phenoxy) is 1. The Labute approximate surface area is 119 Å². The van der Waals surface area contributed by atoms with E-state index in [1.807, 2.05) is 6.07 Å². The molecule has 2 aliphatic rings. The molecular weight excluding hydrogens is 252 g/mol. The van der Waals surface area contributed by atoms with Crippen molar-refractivity contribution >= 4 is 5.91 Å². The van der Waals surface area contributed by atoms with Crippen LogP contribution in [0.5, 0.6) is 0 Å². The van der Waals surface area contributed by atoms with Gasteiger partial charge in [0.25, 0.3) is 0 Å². The predicted octanol–water partition coefficient (Wildman–Crippen LogP) is 1.33. The van der Waals surface area contributed by atoms with Crippen LogP contribution in [-0.4, -0.2) is 43.2 Å². The molecule has 4 nitrogen and oxygen atoms in total. The minimum atomic E-state index is -0.0108. The molecule has 2 aliphatic heterocycles. The molecule has 20 heavy (non-hydrogen) atoms. The number of benzene rings is 1. The van der Waals surface area contributed by atoms with Crippen LogP contribution in [0.3, 0.4) is 0 Å². The molecule has 0 bridgehead atoms. The monoisotopic (exact) mass is 272 g/mol. The highest BCUT2D eigenvalue weighted by Gasteiger charge is 2.24. The third kappa shape index (κ3) is 3.26. The third-order valence-electron chi connectivity index (χ3n) is 3.89. The number of hydrogen-bond donors (Lipinski definition) is 1. The van der Waals surface area contributed by atoms with Crippen LogP contribution < -0.4 is 5.32 Å². The molecular formula is C16H20N2O2. The topological polar surface area (TPSA) is 41.6 Å². The second-order valence-electron chi connectivity index (χ2n) is 5.35. The first-order valence-corrected chi connectivity index (χ1v) is 7.15. The van der Waals surface area contributed by atoms with Gasteiger partial charge in [0.05, 0.1) is 6.10 Å². The Hall–Kier alpha value is -1.65. The molecule has 4 heteroatoms. The van der Waals surface area contributed by atoms with Crippen LogP contribution in [0.1, 0.15) is 12.0 Å². The summed E-state index contributed by atoms with van der Waals surface area (Å²) in [6.07, 6.45) is 3.36. The van der Waals surface area contributed by atoms with E-state index in [4.69, 9.17) is 4.74 Å². The van der Waals surface area contributed by atoms with Gasteiger partial charge in [-0.15, -0.1) is 0 Å². The van der Waals surface area contributed by atoms with E-state index < -0.39 is 0 Å². The first-order valence-electron chi connectivity index (χ1n) is 7.15. The first kappa shape index (κ1) is 13.3. The lowest BCUT2D eigenvalue weighted by Crippen LogP contribution is -2.45. The highest BCUT2D eigenvalue weighted by Crippen LogP contribution is 2.19. The number of rotatable bonds is 3. The van der Waals surface area contributed by atoms with Gasteiger partial charge in [0.1, 0.15) is 6.61 Å². The van der Waals surface area contributed by atoms with E-state index >= 15 is 0 Å². The van der Waals surface area contributed by atoms with E-state index in [9.17, 15) is 4.79 Å². The quantitative estimate of drug-likeness (QED) is 0.844. The molecule has 1 amide bonds. The largest absolute Gasteiger partial charge is 0.362 e. The number of amides is 1. The Balaban J connectivity index is 1.54. The average molecular weight is 272 g/mol. The van der Waals surface area contributed by atoms with E-state index in [0.29, 0.717) is 6.54 Å². The number of nitrogens with zero attached hydrogens (tertiary/aromatic N) is 1. The maximum absolute atomic E-state index is 11.1. The van der Waals surface area contributed by atoms with Gasteiger partial charge in [-0.2, -0.15) is 0 Å². The van der Waals surface area contributed by atoms with Gasteiger partial charge in [-0.3, -0.25) is 9.69 Å². The third-order valence-corrected chi connectivity index (χ3v) is 3.89. The molecule has 1 N–H and O–H groups in total. The molecule has 1 aromatic carbocycles. The van der Waals surface area contributed by atoms with Gasteiger partial charge in [-0.05, 0) is 17.6 Å². The number of morpholine rings is 1. The number of carbonyl (C=O) groups excluding carboxylic acids is 1. The van der Waals surface area contributed by atoms with E-state index in [1.165, 1.54) is 11.1 Å². The van der Waals surface area contributed by atoms with Crippen LogP contribution in [0.15, 0.2) is 42.0 Å². The Morgan fingerprint density at radius 2 is 2.15 bits per heavy atom. The zero-order valence-electron chi connectivity index (χ0n) is 11.5. The zero-order valence-corrected chi connectivity index (χ0v) is 11.5. The van der Waals surface area contributed by atoms with E-state index in [-0.39, 0.29) is 18.6 Å². The number of carbonyl (C=O) groups is 1. The molecule has 1 unspecified atom stereocenters. The van der Waals surface area contributed by atoms with Gasteiger partial charge >= 0.3 is 0 Å². The van der Waals surface area contributed by atoms with Crippen LogP contribution >= 0.6 is 0 Å². The fourth-order valence-corrected chi connectivity index (χ4v) is 2.74. The molecule has 0 aliphatic carbocycles. The molecule has 1 fully saturated rings. The van der Waals surface area contributed by atoms with Crippen molar-refractivity contribution in [1.82, 2.24) is 10.2 Å². The van der Waals surface area contributed by atoms with Crippen molar-refractivity contribution in [1.29, 1.82) is 0 Å². The van der Waals surface area contributed by atoms with Crippen LogP contribution in [0, 0.1) is 0 Å². The second-order valence-corrected chi connectivity index (χ2v) is 5.35. The van der Waals surface area contributed by atoms with Crippen molar-refractivity contribution in [2.24, 2.45) is 0 Å². The maximum atomic E-state index is 11.1. The number of hydrogen-bond acceptors (Lipinski definition) is 3. The molecule has 106 valence electrons. The fraction of sp³-hybridized carbons (Fsp3) is 0.438. The maximum Gasteiger partial charge on any atom is 0.246 e. The van der Waals surface area contributed by atoms with E-state index in [1.54, 1.807) is 0 Å². The lowest BCUT2D eigenvalue weighted by atomic mass is 10.0. The van der Waals surface area contributed by atoms with Gasteiger partial charge in [0.15, 0.2) is 0 Å². The molecule has 1 aromatic rings. The lowest BCUT2D eigenvalue weighted by Gasteiger charge is -2.31. The van der Waals surface area contributed by atoms with E-state index in [0.717, 1.165) is 26.1 Å². The summed E-state index contributed by atoms with van der Waals surface area (Å²) < 4.78 is 5.58. The molecule has 2 heterocycles. The standard InChI is InChI=1S/C16H20N2O2/c19-16-12-20-15(10-17-16)14-6-8-18(9-7-14)11-13-4-2-1-3-5-13/h1-6,15H,7-12H2,(H,17,19). The van der Waals surface area contributed by atoms with E-state index in [2.05, 4.69) is 40.6 Å². The summed E-state index contributed by atoms with van der Waals surface area (Å²) in [5.41, 5.74) is 2.68. The first-order chi connectivity index (χ1) is 9.81. The molecule has 1 saturated heterocycles. The Kier molecular flexibility index (Phi) is 4.14. The van der Waals surface area contributed by atoms with Gasteiger partial charge in [-0.1, -0.05) is 36.4 Å². The SMILES string of the molecule is O=C1COC(C2=CCN(Cc3ccccc3)CC2)CN1. The summed E-state index contributed by atoms with van der Waals surface area (Å²) in [4.78, 5) is 13.5. The van der Waals surface area contributed by atoms with Gasteiger partial charge in [-0.25, -0.2) is 0 Å². The van der Waals surface area contributed by atoms with Crippen molar-refractivity contribution in [3.8, 4) is 0 Å². The van der Waals surface area contributed by atoms with Crippen LogP contribution in [0.4, 0.5) is 0 Å². The summed E-state index contributed by atoms with van der Waals surface area (Å²) in [7, 11) is 0. The summed E-state index contributed by atoms with van der Waals surface area (Å²) in [5, 5.41) is 2.86. The van der Waals surface area contributed by atoms with Gasteiger partial charge < -0.3 is 10.1 Å². The summed E-state index contributed by atoms with van der Waals surface area (Å²) in [5.74, 6) is -0.0108. The molecule has 3 rings (SSSR count). The zero-order chi connectivity index (χ0) is 13.8. The van der Waals surface area contributed by atoms with Crippen molar-refractivity contribution in [3.05, 3.63) is 47.5 Å². The Morgan fingerprint density at radius 1 is 1.30 bits per heavy atom. The molecule has 0 aromatic heterocycles. The smallest absolute Gasteiger partial charge is 0.246 e. The average Bonchev–Trinajstić information content (AvgIpc) is 2.50. The molecule has 0 saturated carbocycles. The summed E-state index contributed by atoms with van der Waals surface area (Å²) in [6.45, 7) is 3.80.